The zero-order chi connectivity index (χ0) is 24.7. The van der Waals surface area contributed by atoms with Crippen LogP contribution >= 0.6 is 0 Å². The number of anilines is 1. The van der Waals surface area contributed by atoms with Crippen molar-refractivity contribution in [2.45, 2.75) is 18.2 Å². The van der Waals surface area contributed by atoms with Gasteiger partial charge in [0.2, 0.25) is 10.0 Å². The Balaban J connectivity index is 1.51. The van der Waals surface area contributed by atoms with Gasteiger partial charge in [-0.15, -0.1) is 0 Å². The predicted octanol–water partition coefficient (Wildman–Crippen LogP) is 3.57. The smallest absolute Gasteiger partial charge is 0.277 e. The maximum Gasteiger partial charge on any atom is 0.277 e. The first kappa shape index (κ1) is 22.5. The van der Waals surface area contributed by atoms with Crippen LogP contribution in [0, 0.1) is 18.3 Å². The second-order valence-corrected chi connectivity index (χ2v) is 9.81. The van der Waals surface area contributed by atoms with Crippen molar-refractivity contribution in [1.29, 1.82) is 5.26 Å². The normalized spacial score (nSPS) is 13.4. The predicted molar refractivity (Wildman–Crippen MR) is 132 cm³/mol. The molecule has 2 heterocycles. The van der Waals surface area contributed by atoms with Crippen molar-refractivity contribution in [3.05, 3.63) is 95.3 Å². The fourth-order valence-electron chi connectivity index (χ4n) is 4.45. The summed E-state index contributed by atoms with van der Waals surface area (Å²) in [4.78, 5) is 15.4. The quantitative estimate of drug-likeness (QED) is 0.475. The minimum Gasteiger partial charge on any atom is -0.307 e. The number of amides is 1. The summed E-state index contributed by atoms with van der Waals surface area (Å²) < 4.78 is 25.6. The fourth-order valence-corrected chi connectivity index (χ4v) is 5.21. The van der Waals surface area contributed by atoms with Gasteiger partial charge >= 0.3 is 0 Å². The van der Waals surface area contributed by atoms with E-state index in [1.807, 2.05) is 13.0 Å². The zero-order valence-corrected chi connectivity index (χ0v) is 19.7. The van der Waals surface area contributed by atoms with Crippen LogP contribution in [-0.4, -0.2) is 30.7 Å². The number of nitriles is 1. The maximum atomic E-state index is 13.6. The summed E-state index contributed by atoms with van der Waals surface area (Å²) in [6, 6.07) is 22.8. The molecule has 0 unspecified atom stereocenters. The highest BCUT2D eigenvalue weighted by Gasteiger charge is 2.32. The van der Waals surface area contributed by atoms with Gasteiger partial charge in [-0.05, 0) is 55.3 Å². The average molecular weight is 484 g/mol. The number of aryl methyl sites for hydroxylation is 1. The van der Waals surface area contributed by atoms with E-state index in [1.165, 1.54) is 6.07 Å². The second kappa shape index (κ2) is 8.51. The maximum absolute atomic E-state index is 13.6. The van der Waals surface area contributed by atoms with E-state index in [0.717, 1.165) is 11.3 Å². The molecular weight excluding hydrogens is 462 g/mol. The highest BCUT2D eigenvalue weighted by Crippen LogP contribution is 2.32. The number of benzene rings is 3. The molecule has 0 spiro atoms. The Hall–Kier alpha value is -4.26. The summed E-state index contributed by atoms with van der Waals surface area (Å²) in [5.74, 6) is -0.188. The Morgan fingerprint density at radius 1 is 1.00 bits per heavy atom. The summed E-state index contributed by atoms with van der Waals surface area (Å²) in [5.41, 5.74) is 5.16. The third-order valence-corrected chi connectivity index (χ3v) is 7.09. The van der Waals surface area contributed by atoms with Gasteiger partial charge in [0.25, 0.3) is 5.91 Å². The van der Waals surface area contributed by atoms with Gasteiger partial charge in [-0.3, -0.25) is 4.79 Å². The fraction of sp³-hybridized carbons (Fsp3) is 0.115. The van der Waals surface area contributed by atoms with E-state index in [0.29, 0.717) is 46.7 Å². The van der Waals surface area contributed by atoms with E-state index in [2.05, 4.69) is 11.2 Å². The van der Waals surface area contributed by atoms with Gasteiger partial charge in [-0.2, -0.15) is 10.4 Å². The third-order valence-electron chi connectivity index (χ3n) is 6.12. The largest absolute Gasteiger partial charge is 0.307 e. The zero-order valence-electron chi connectivity index (χ0n) is 18.8. The summed E-state index contributed by atoms with van der Waals surface area (Å²) >= 11 is 0. The van der Waals surface area contributed by atoms with Crippen LogP contribution in [0.1, 0.15) is 27.3 Å². The number of nitrogens with two attached hydrogens (primary N) is 1. The minimum atomic E-state index is -3.88. The molecule has 8 nitrogen and oxygen atoms in total. The Morgan fingerprint density at radius 3 is 2.46 bits per heavy atom. The molecule has 0 aliphatic carbocycles. The molecule has 9 heteroatoms. The molecule has 0 bridgehead atoms. The number of hydrogen-bond donors (Lipinski definition) is 1. The molecule has 1 aliphatic rings. The molecule has 3 aromatic carbocycles. The van der Waals surface area contributed by atoms with Crippen molar-refractivity contribution in [3.63, 3.8) is 0 Å². The summed E-state index contributed by atoms with van der Waals surface area (Å²) in [7, 11) is -3.88. The molecule has 174 valence electrons. The highest BCUT2D eigenvalue weighted by molar-refractivity contribution is 7.89. The summed E-state index contributed by atoms with van der Waals surface area (Å²) in [6.07, 6.45) is 0.640. The van der Waals surface area contributed by atoms with Crippen molar-refractivity contribution >= 4 is 21.6 Å². The Labute approximate surface area is 202 Å². The van der Waals surface area contributed by atoms with Gasteiger partial charge in [0.15, 0.2) is 0 Å². The van der Waals surface area contributed by atoms with Crippen molar-refractivity contribution < 1.29 is 13.2 Å². The first-order valence-electron chi connectivity index (χ1n) is 10.9. The van der Waals surface area contributed by atoms with Crippen LogP contribution in [0.15, 0.2) is 77.7 Å². The van der Waals surface area contributed by atoms with E-state index in [-0.39, 0.29) is 10.8 Å². The van der Waals surface area contributed by atoms with Crippen LogP contribution < -0.4 is 10.0 Å². The van der Waals surface area contributed by atoms with Crippen molar-refractivity contribution in [2.24, 2.45) is 5.14 Å². The van der Waals surface area contributed by atoms with Gasteiger partial charge in [-0.25, -0.2) is 18.2 Å². The average Bonchev–Trinajstić information content (AvgIpc) is 3.21. The van der Waals surface area contributed by atoms with Gasteiger partial charge in [-0.1, -0.05) is 36.4 Å². The van der Waals surface area contributed by atoms with E-state index < -0.39 is 10.0 Å². The lowest BCUT2D eigenvalue weighted by Gasteiger charge is -2.28. The molecule has 0 radical (unpaired) electrons. The van der Waals surface area contributed by atoms with E-state index in [1.54, 1.807) is 70.2 Å². The Kier molecular flexibility index (Phi) is 5.47. The molecule has 1 amide bonds. The lowest BCUT2D eigenvalue weighted by molar-refractivity contribution is 0.0973. The van der Waals surface area contributed by atoms with Crippen molar-refractivity contribution in [3.8, 4) is 22.9 Å². The lowest BCUT2D eigenvalue weighted by atomic mass is 10.0. The number of sulfonamides is 1. The van der Waals surface area contributed by atoms with Crippen LogP contribution in [0.2, 0.25) is 0 Å². The third kappa shape index (κ3) is 3.99. The molecule has 0 fully saturated rings. The molecule has 0 saturated heterocycles. The molecule has 4 aromatic rings. The van der Waals surface area contributed by atoms with Crippen molar-refractivity contribution in [2.75, 3.05) is 11.4 Å². The van der Waals surface area contributed by atoms with E-state index in [4.69, 9.17) is 5.14 Å². The molecule has 1 aromatic heterocycles. The van der Waals surface area contributed by atoms with Crippen LogP contribution in [-0.2, 0) is 16.4 Å². The summed E-state index contributed by atoms with van der Waals surface area (Å²) in [5, 5.41) is 19.2. The van der Waals surface area contributed by atoms with Crippen LogP contribution in [0.4, 0.5) is 5.69 Å². The number of hydrogen-bond acceptors (Lipinski definition) is 5. The number of nitrogens with zero attached hydrogens (tertiary/aromatic N) is 4. The number of carbonyl (C=O) groups is 1. The molecule has 0 atom stereocenters. The number of primary sulfonamides is 1. The Bertz CT molecular complexity index is 1620. The number of carbonyl (C=O) groups excluding carboxylic acids is 1. The number of fused-ring (bicyclic) bond motifs is 1. The van der Waals surface area contributed by atoms with Gasteiger partial charge in [0, 0.05) is 23.4 Å². The Morgan fingerprint density at radius 2 is 1.74 bits per heavy atom. The van der Waals surface area contributed by atoms with Crippen LogP contribution in [0.3, 0.4) is 0 Å². The van der Waals surface area contributed by atoms with E-state index in [9.17, 15) is 18.5 Å². The minimum absolute atomic E-state index is 0.0467. The molecular formula is C26H21N5O3S. The SMILES string of the molecule is Cc1nn(-c2cccc(C#N)c2)c2c1CCN(c1ccc(-c3ccccc3S(N)(=O)=O)cc1)C2=O. The number of rotatable bonds is 4. The van der Waals surface area contributed by atoms with Gasteiger partial charge in [0.05, 0.1) is 27.9 Å². The van der Waals surface area contributed by atoms with Gasteiger partial charge in [0.1, 0.15) is 5.69 Å². The highest BCUT2D eigenvalue weighted by atomic mass is 32.2. The molecule has 35 heavy (non-hydrogen) atoms. The number of aromatic nitrogens is 2. The molecule has 5 rings (SSSR count). The van der Waals surface area contributed by atoms with Crippen LogP contribution in [0.25, 0.3) is 16.8 Å². The van der Waals surface area contributed by atoms with Crippen LogP contribution in [0.5, 0.6) is 0 Å². The molecule has 1 aliphatic heterocycles. The molecule has 2 N–H and O–H groups in total. The first-order valence-corrected chi connectivity index (χ1v) is 12.5. The standard InChI is InChI=1S/C26H21N5O3S/c1-17-22-13-14-30(26(32)25(22)31(29-17)21-6-4-5-18(15-21)16-27)20-11-9-19(10-12-20)23-7-2-3-8-24(23)35(28,33)34/h2-12,15H,13-14H2,1H3,(H2,28,33,34). The molecule has 0 saturated carbocycles. The summed E-state index contributed by atoms with van der Waals surface area (Å²) in [6.45, 7) is 2.37. The second-order valence-electron chi connectivity index (χ2n) is 8.28. The topological polar surface area (TPSA) is 122 Å². The van der Waals surface area contributed by atoms with E-state index >= 15 is 0 Å². The first-order chi connectivity index (χ1) is 16.8. The monoisotopic (exact) mass is 483 g/mol. The van der Waals surface area contributed by atoms with Gasteiger partial charge < -0.3 is 4.90 Å². The lowest BCUT2D eigenvalue weighted by Crippen LogP contribution is -2.38. The van der Waals surface area contributed by atoms with Crippen molar-refractivity contribution in [1.82, 2.24) is 9.78 Å².